The number of fused-ring (bicyclic) bond motifs is 5. The first-order valence-electron chi connectivity index (χ1n) is 11.7. The number of benzene rings is 3. The Balaban J connectivity index is 1.43. The molecule has 36 heavy (non-hydrogen) atoms. The molecule has 0 saturated carbocycles. The molecular weight excluding hydrogens is 458 g/mol. The van der Waals surface area contributed by atoms with Gasteiger partial charge in [0.2, 0.25) is 11.8 Å². The lowest BCUT2D eigenvalue weighted by atomic mass is 9.83. The Morgan fingerprint density at radius 1 is 0.861 bits per heavy atom. The van der Waals surface area contributed by atoms with E-state index in [1.807, 2.05) is 65.6 Å². The maximum Gasteiger partial charge on any atom is 0.269 e. The number of amides is 2. The smallest absolute Gasteiger partial charge is 0.269 e. The summed E-state index contributed by atoms with van der Waals surface area (Å²) in [5, 5.41) is 11.1. The van der Waals surface area contributed by atoms with Crippen molar-refractivity contribution < 1.29 is 19.3 Å². The van der Waals surface area contributed by atoms with Gasteiger partial charge in [-0.15, -0.1) is 0 Å². The minimum absolute atomic E-state index is 0.123. The zero-order valence-corrected chi connectivity index (χ0v) is 19.1. The lowest BCUT2D eigenvalue weighted by Crippen LogP contribution is -2.44. The van der Waals surface area contributed by atoms with Gasteiger partial charge in [0, 0.05) is 23.9 Å². The SMILES string of the molecule is O=C(c1ccc([N+](=O)[O-])cc1)[C@@H]1[C@H]2C(=O)N(Cc3ccccc3)C(=O)[C@H]2[C@H]2c3ccccc3C=CN12. The minimum Gasteiger partial charge on any atom is -0.358 e. The van der Waals surface area contributed by atoms with Gasteiger partial charge in [-0.2, -0.15) is 0 Å². The summed E-state index contributed by atoms with van der Waals surface area (Å²) in [6, 6.07) is 21.0. The van der Waals surface area contributed by atoms with Gasteiger partial charge in [-0.05, 0) is 34.9 Å². The summed E-state index contributed by atoms with van der Waals surface area (Å²) in [6.07, 6.45) is 3.68. The normalized spacial score (nSPS) is 23.9. The van der Waals surface area contributed by atoms with Crippen LogP contribution in [0, 0.1) is 22.0 Å². The van der Waals surface area contributed by atoms with Crippen molar-refractivity contribution in [2.24, 2.45) is 11.8 Å². The van der Waals surface area contributed by atoms with E-state index < -0.39 is 28.8 Å². The third-order valence-electron chi connectivity index (χ3n) is 7.37. The third-order valence-corrected chi connectivity index (χ3v) is 7.37. The summed E-state index contributed by atoms with van der Waals surface area (Å²) in [6.45, 7) is 0.147. The van der Waals surface area contributed by atoms with Crippen molar-refractivity contribution in [3.05, 3.63) is 117 Å². The number of ketones is 1. The lowest BCUT2D eigenvalue weighted by molar-refractivity contribution is -0.384. The van der Waals surface area contributed by atoms with E-state index in [9.17, 15) is 24.5 Å². The standard InChI is InChI=1S/C28H21N3O5/c32-26(19-10-12-20(13-11-19)31(35)36)25-23-22(24-21-9-5-4-8-18(21)14-15-29(24)25)27(33)30(28(23)34)16-17-6-2-1-3-7-17/h1-15,22-25H,16H2/t22-,23+,24-,25+/m1/s1. The first kappa shape index (κ1) is 21.9. The number of carbonyl (C=O) groups excluding carboxylic acids is 3. The number of nitro groups is 1. The number of likely N-dealkylation sites (tertiary alicyclic amines) is 1. The van der Waals surface area contributed by atoms with Crippen LogP contribution in [-0.2, 0) is 16.1 Å². The van der Waals surface area contributed by atoms with E-state index in [1.165, 1.54) is 29.2 Å². The monoisotopic (exact) mass is 479 g/mol. The van der Waals surface area contributed by atoms with Crippen molar-refractivity contribution in [1.29, 1.82) is 0 Å². The molecule has 0 bridgehead atoms. The quantitative estimate of drug-likeness (QED) is 0.237. The number of hydrogen-bond donors (Lipinski definition) is 0. The van der Waals surface area contributed by atoms with Gasteiger partial charge in [0.15, 0.2) is 5.78 Å². The van der Waals surface area contributed by atoms with Gasteiger partial charge in [0.25, 0.3) is 5.69 Å². The fraction of sp³-hybridized carbons (Fsp3) is 0.179. The van der Waals surface area contributed by atoms with Gasteiger partial charge in [-0.1, -0.05) is 54.6 Å². The summed E-state index contributed by atoms with van der Waals surface area (Å²) in [5.74, 6) is -2.56. The van der Waals surface area contributed by atoms with Crippen LogP contribution in [-0.4, -0.2) is 38.4 Å². The zero-order valence-electron chi connectivity index (χ0n) is 19.1. The lowest BCUT2D eigenvalue weighted by Gasteiger charge is -2.35. The fourth-order valence-corrected chi connectivity index (χ4v) is 5.76. The van der Waals surface area contributed by atoms with Gasteiger partial charge in [0.05, 0.1) is 29.3 Å². The highest BCUT2D eigenvalue weighted by Gasteiger charge is 2.64. The number of hydrogen-bond acceptors (Lipinski definition) is 6. The first-order valence-corrected chi connectivity index (χ1v) is 11.7. The van der Waals surface area contributed by atoms with Crippen LogP contribution >= 0.6 is 0 Å². The molecular formula is C28H21N3O5. The molecule has 0 aliphatic carbocycles. The number of carbonyl (C=O) groups is 3. The number of nitro benzene ring substituents is 1. The molecule has 3 heterocycles. The van der Waals surface area contributed by atoms with Crippen LogP contribution < -0.4 is 0 Å². The Hall–Kier alpha value is -4.59. The second kappa shape index (κ2) is 8.27. The molecule has 0 spiro atoms. The number of nitrogens with zero attached hydrogens (tertiary/aromatic N) is 3. The Kier molecular flexibility index (Phi) is 5.03. The van der Waals surface area contributed by atoms with Crippen molar-refractivity contribution in [3.8, 4) is 0 Å². The van der Waals surface area contributed by atoms with Crippen LogP contribution in [0.25, 0.3) is 6.08 Å². The maximum atomic E-state index is 13.8. The predicted octanol–water partition coefficient (Wildman–Crippen LogP) is 3.99. The molecule has 8 nitrogen and oxygen atoms in total. The van der Waals surface area contributed by atoms with E-state index in [-0.39, 0.29) is 35.4 Å². The molecule has 0 radical (unpaired) electrons. The predicted molar refractivity (Wildman–Crippen MR) is 130 cm³/mol. The summed E-state index contributed by atoms with van der Waals surface area (Å²) in [5.41, 5.74) is 2.82. The van der Waals surface area contributed by atoms with E-state index in [0.29, 0.717) is 0 Å². The van der Waals surface area contributed by atoms with E-state index in [1.54, 1.807) is 6.20 Å². The van der Waals surface area contributed by atoms with E-state index >= 15 is 0 Å². The number of Topliss-reactive ketones (excluding diaryl/α,β-unsaturated/α-hetero) is 1. The molecule has 6 rings (SSSR count). The fourth-order valence-electron chi connectivity index (χ4n) is 5.76. The van der Waals surface area contributed by atoms with E-state index in [4.69, 9.17) is 0 Å². The number of non-ortho nitro benzene ring substituents is 1. The highest BCUT2D eigenvalue weighted by Crippen LogP contribution is 2.53. The highest BCUT2D eigenvalue weighted by molar-refractivity contribution is 6.12. The molecule has 2 fully saturated rings. The molecule has 0 N–H and O–H groups in total. The third kappa shape index (κ3) is 3.25. The average molecular weight is 479 g/mol. The summed E-state index contributed by atoms with van der Waals surface area (Å²) < 4.78 is 0. The Bertz CT molecular complexity index is 1430. The number of imide groups is 1. The van der Waals surface area contributed by atoms with Crippen LogP contribution in [0.15, 0.2) is 85.1 Å². The van der Waals surface area contributed by atoms with Gasteiger partial charge < -0.3 is 4.90 Å². The summed E-state index contributed by atoms with van der Waals surface area (Å²) >= 11 is 0. The number of rotatable bonds is 5. The van der Waals surface area contributed by atoms with Crippen molar-refractivity contribution in [2.75, 3.05) is 0 Å². The van der Waals surface area contributed by atoms with Gasteiger partial charge >= 0.3 is 0 Å². The van der Waals surface area contributed by atoms with Crippen LogP contribution in [0.2, 0.25) is 0 Å². The van der Waals surface area contributed by atoms with Crippen LogP contribution in [0.4, 0.5) is 5.69 Å². The van der Waals surface area contributed by atoms with Gasteiger partial charge in [-0.25, -0.2) is 0 Å². The van der Waals surface area contributed by atoms with E-state index in [0.717, 1.165) is 16.7 Å². The maximum absolute atomic E-state index is 13.8. The highest BCUT2D eigenvalue weighted by atomic mass is 16.6. The molecule has 178 valence electrons. The average Bonchev–Trinajstić information content (AvgIpc) is 3.37. The van der Waals surface area contributed by atoms with Crippen molar-refractivity contribution >= 4 is 29.4 Å². The first-order chi connectivity index (χ1) is 17.5. The second-order valence-electron chi connectivity index (χ2n) is 9.25. The molecule has 0 aromatic heterocycles. The van der Waals surface area contributed by atoms with Crippen LogP contribution in [0.3, 0.4) is 0 Å². The molecule has 0 unspecified atom stereocenters. The molecule has 4 atom stereocenters. The van der Waals surface area contributed by atoms with Crippen LogP contribution in [0.1, 0.15) is 33.1 Å². The zero-order chi connectivity index (χ0) is 25.0. The van der Waals surface area contributed by atoms with Crippen molar-refractivity contribution in [1.82, 2.24) is 9.80 Å². The molecule has 2 saturated heterocycles. The molecule has 8 heteroatoms. The topological polar surface area (TPSA) is 101 Å². The van der Waals surface area contributed by atoms with Crippen LogP contribution in [0.5, 0.6) is 0 Å². The van der Waals surface area contributed by atoms with Gasteiger partial charge in [0.1, 0.15) is 6.04 Å². The Labute approximate surface area is 206 Å². The Morgan fingerprint density at radius 3 is 2.25 bits per heavy atom. The molecule has 3 aliphatic rings. The van der Waals surface area contributed by atoms with Crippen molar-refractivity contribution in [2.45, 2.75) is 18.6 Å². The largest absolute Gasteiger partial charge is 0.358 e. The van der Waals surface area contributed by atoms with Gasteiger partial charge in [-0.3, -0.25) is 29.4 Å². The molecule has 2 amide bonds. The van der Waals surface area contributed by atoms with E-state index in [2.05, 4.69) is 0 Å². The van der Waals surface area contributed by atoms with Crippen molar-refractivity contribution in [3.63, 3.8) is 0 Å². The molecule has 3 aromatic carbocycles. The Morgan fingerprint density at radius 2 is 1.53 bits per heavy atom. The molecule has 3 aromatic rings. The molecule has 3 aliphatic heterocycles. The summed E-state index contributed by atoms with van der Waals surface area (Å²) in [4.78, 5) is 55.0. The second-order valence-corrected chi connectivity index (χ2v) is 9.25. The minimum atomic E-state index is -0.900. The summed E-state index contributed by atoms with van der Waals surface area (Å²) in [7, 11) is 0.